The number of nitrogens with one attached hydrogen (secondary N) is 1. The predicted octanol–water partition coefficient (Wildman–Crippen LogP) is 2.24. The van der Waals surface area contributed by atoms with Crippen molar-refractivity contribution in [3.05, 3.63) is 22.4 Å². The molecule has 0 unspecified atom stereocenters. The van der Waals surface area contributed by atoms with Gasteiger partial charge in [-0.25, -0.2) is 0 Å². The number of thiophene rings is 1. The monoisotopic (exact) mass is 213 g/mol. The third-order valence-corrected chi connectivity index (χ3v) is 3.00. The summed E-state index contributed by atoms with van der Waals surface area (Å²) in [5, 5.41) is 14.6. The Morgan fingerprint density at radius 3 is 2.79 bits per heavy atom. The lowest BCUT2D eigenvalue weighted by atomic mass is 10.0. The fourth-order valence-electron chi connectivity index (χ4n) is 1.45. The Bertz CT molecular complexity index is 233. The van der Waals surface area contributed by atoms with Crippen molar-refractivity contribution in [3.63, 3.8) is 0 Å². The standard InChI is InChI=1S/C11H19NOS/c1-9(2)6-10(8-13)12-7-11-4-3-5-14-11/h3-5,9-10,12-13H,6-8H2,1-2H3/t10-/m1/s1. The minimum Gasteiger partial charge on any atom is -0.395 e. The Hall–Kier alpha value is -0.380. The molecule has 0 aliphatic heterocycles. The molecular weight excluding hydrogens is 194 g/mol. The molecule has 1 aromatic rings. The molecule has 2 N–H and O–H groups in total. The average Bonchev–Trinajstić information content (AvgIpc) is 2.64. The molecule has 0 aliphatic carbocycles. The van der Waals surface area contributed by atoms with Gasteiger partial charge < -0.3 is 10.4 Å². The second-order valence-electron chi connectivity index (χ2n) is 3.97. The molecule has 1 rings (SSSR count). The summed E-state index contributed by atoms with van der Waals surface area (Å²) in [6.07, 6.45) is 1.03. The van der Waals surface area contributed by atoms with Crippen LogP contribution in [0.5, 0.6) is 0 Å². The number of rotatable bonds is 6. The molecule has 0 fully saturated rings. The Morgan fingerprint density at radius 2 is 2.29 bits per heavy atom. The normalized spacial score (nSPS) is 13.4. The van der Waals surface area contributed by atoms with Crippen LogP contribution in [0.1, 0.15) is 25.1 Å². The van der Waals surface area contributed by atoms with Gasteiger partial charge in [0.2, 0.25) is 0 Å². The van der Waals surface area contributed by atoms with Crippen molar-refractivity contribution in [3.8, 4) is 0 Å². The summed E-state index contributed by atoms with van der Waals surface area (Å²) in [5.41, 5.74) is 0. The molecule has 80 valence electrons. The van der Waals surface area contributed by atoms with Gasteiger partial charge in [0.05, 0.1) is 6.61 Å². The van der Waals surface area contributed by atoms with Gasteiger partial charge in [0.25, 0.3) is 0 Å². The predicted molar refractivity (Wildman–Crippen MR) is 61.5 cm³/mol. The van der Waals surface area contributed by atoms with Gasteiger partial charge in [0, 0.05) is 17.5 Å². The van der Waals surface area contributed by atoms with Crippen molar-refractivity contribution in [2.24, 2.45) is 5.92 Å². The first-order chi connectivity index (χ1) is 6.72. The SMILES string of the molecule is CC(C)C[C@H](CO)NCc1cccs1. The van der Waals surface area contributed by atoms with Crippen LogP contribution in [-0.2, 0) is 6.54 Å². The molecule has 0 aromatic carbocycles. The van der Waals surface area contributed by atoms with Crippen LogP contribution in [0.2, 0.25) is 0 Å². The molecule has 0 bridgehead atoms. The van der Waals surface area contributed by atoms with Crippen molar-refractivity contribution in [1.29, 1.82) is 0 Å². The summed E-state index contributed by atoms with van der Waals surface area (Å²) in [4.78, 5) is 1.33. The zero-order valence-electron chi connectivity index (χ0n) is 8.86. The Labute approximate surface area is 90.0 Å². The number of hydrogen-bond donors (Lipinski definition) is 2. The molecule has 1 atom stereocenters. The summed E-state index contributed by atoms with van der Waals surface area (Å²) in [7, 11) is 0. The van der Waals surface area contributed by atoms with E-state index in [4.69, 9.17) is 5.11 Å². The lowest BCUT2D eigenvalue weighted by Crippen LogP contribution is -2.32. The largest absolute Gasteiger partial charge is 0.395 e. The van der Waals surface area contributed by atoms with E-state index in [1.54, 1.807) is 11.3 Å². The highest BCUT2D eigenvalue weighted by Crippen LogP contribution is 2.09. The first-order valence-corrected chi connectivity index (χ1v) is 5.97. The molecule has 2 nitrogen and oxygen atoms in total. The molecule has 0 spiro atoms. The maximum atomic E-state index is 9.14. The fraction of sp³-hybridized carbons (Fsp3) is 0.636. The molecular formula is C11H19NOS. The van der Waals surface area contributed by atoms with Crippen LogP contribution >= 0.6 is 11.3 Å². The second-order valence-corrected chi connectivity index (χ2v) is 5.00. The van der Waals surface area contributed by atoms with E-state index in [1.165, 1.54) is 4.88 Å². The lowest BCUT2D eigenvalue weighted by molar-refractivity contribution is 0.224. The molecule has 0 aliphatic rings. The van der Waals surface area contributed by atoms with Crippen LogP contribution in [0.3, 0.4) is 0 Å². The van der Waals surface area contributed by atoms with Gasteiger partial charge in [0.15, 0.2) is 0 Å². The second kappa shape index (κ2) is 6.17. The molecule has 3 heteroatoms. The quantitative estimate of drug-likeness (QED) is 0.759. The van der Waals surface area contributed by atoms with Gasteiger partial charge in [0.1, 0.15) is 0 Å². The van der Waals surface area contributed by atoms with Crippen LogP contribution in [0.25, 0.3) is 0 Å². The third-order valence-electron chi connectivity index (χ3n) is 2.12. The highest BCUT2D eigenvalue weighted by molar-refractivity contribution is 7.09. The molecule has 1 heterocycles. The Morgan fingerprint density at radius 1 is 1.50 bits per heavy atom. The van der Waals surface area contributed by atoms with Crippen molar-refractivity contribution in [2.45, 2.75) is 32.9 Å². The lowest BCUT2D eigenvalue weighted by Gasteiger charge is -2.17. The Kier molecular flexibility index (Phi) is 5.15. The van der Waals surface area contributed by atoms with Crippen LogP contribution in [0.4, 0.5) is 0 Å². The summed E-state index contributed by atoms with van der Waals surface area (Å²) in [6, 6.07) is 4.40. The van der Waals surface area contributed by atoms with Crippen molar-refractivity contribution in [2.75, 3.05) is 6.61 Å². The van der Waals surface area contributed by atoms with E-state index in [2.05, 4.69) is 36.7 Å². The van der Waals surface area contributed by atoms with E-state index in [-0.39, 0.29) is 12.6 Å². The van der Waals surface area contributed by atoms with Gasteiger partial charge >= 0.3 is 0 Å². The van der Waals surface area contributed by atoms with E-state index in [9.17, 15) is 0 Å². The van der Waals surface area contributed by atoms with Crippen LogP contribution in [0.15, 0.2) is 17.5 Å². The summed E-state index contributed by atoms with van der Waals surface area (Å²) >= 11 is 1.75. The smallest absolute Gasteiger partial charge is 0.0584 e. The Balaban J connectivity index is 2.27. The minimum atomic E-state index is 0.226. The van der Waals surface area contributed by atoms with E-state index >= 15 is 0 Å². The zero-order valence-corrected chi connectivity index (χ0v) is 9.68. The van der Waals surface area contributed by atoms with E-state index in [0.717, 1.165) is 13.0 Å². The maximum absolute atomic E-state index is 9.14. The first-order valence-electron chi connectivity index (χ1n) is 5.09. The third kappa shape index (κ3) is 4.22. The van der Waals surface area contributed by atoms with Crippen LogP contribution in [0, 0.1) is 5.92 Å². The van der Waals surface area contributed by atoms with Gasteiger partial charge in [-0.2, -0.15) is 0 Å². The van der Waals surface area contributed by atoms with Gasteiger partial charge in [-0.1, -0.05) is 19.9 Å². The van der Waals surface area contributed by atoms with Gasteiger partial charge in [-0.15, -0.1) is 11.3 Å². The van der Waals surface area contributed by atoms with E-state index in [1.807, 2.05) is 0 Å². The summed E-state index contributed by atoms with van der Waals surface area (Å²) < 4.78 is 0. The summed E-state index contributed by atoms with van der Waals surface area (Å²) in [6.45, 7) is 5.45. The average molecular weight is 213 g/mol. The van der Waals surface area contributed by atoms with Gasteiger partial charge in [-0.05, 0) is 23.8 Å². The highest BCUT2D eigenvalue weighted by Gasteiger charge is 2.08. The van der Waals surface area contributed by atoms with Crippen LogP contribution < -0.4 is 5.32 Å². The van der Waals surface area contributed by atoms with E-state index in [0.29, 0.717) is 5.92 Å². The number of hydrogen-bond acceptors (Lipinski definition) is 3. The zero-order chi connectivity index (χ0) is 10.4. The number of aliphatic hydroxyl groups excluding tert-OH is 1. The molecule has 0 saturated heterocycles. The topological polar surface area (TPSA) is 32.3 Å². The number of aliphatic hydroxyl groups is 1. The minimum absolute atomic E-state index is 0.226. The molecule has 0 amide bonds. The molecule has 0 saturated carbocycles. The summed E-state index contributed by atoms with van der Waals surface area (Å²) in [5.74, 6) is 0.628. The molecule has 0 radical (unpaired) electrons. The highest BCUT2D eigenvalue weighted by atomic mass is 32.1. The maximum Gasteiger partial charge on any atom is 0.0584 e. The molecule has 1 aromatic heterocycles. The van der Waals surface area contributed by atoms with Crippen molar-refractivity contribution in [1.82, 2.24) is 5.32 Å². The van der Waals surface area contributed by atoms with Gasteiger partial charge in [-0.3, -0.25) is 0 Å². The van der Waals surface area contributed by atoms with Crippen molar-refractivity contribution < 1.29 is 5.11 Å². The van der Waals surface area contributed by atoms with Crippen molar-refractivity contribution >= 4 is 11.3 Å². The van der Waals surface area contributed by atoms with E-state index < -0.39 is 0 Å². The molecule has 14 heavy (non-hydrogen) atoms. The fourth-order valence-corrected chi connectivity index (χ4v) is 2.11. The van der Waals surface area contributed by atoms with Crippen LogP contribution in [-0.4, -0.2) is 17.8 Å². The first kappa shape index (κ1) is 11.7.